The van der Waals surface area contributed by atoms with E-state index in [1.807, 2.05) is 25.1 Å². The third-order valence-electron chi connectivity index (χ3n) is 3.76. The molecule has 6 heteroatoms. The number of aliphatic carboxylic acids is 1. The van der Waals surface area contributed by atoms with E-state index in [1.165, 1.54) is 4.90 Å². The summed E-state index contributed by atoms with van der Waals surface area (Å²) in [5.41, 5.74) is 1.84. The fourth-order valence-corrected chi connectivity index (χ4v) is 2.62. The van der Waals surface area contributed by atoms with Gasteiger partial charge in [-0.2, -0.15) is 0 Å². The molecule has 1 N–H and O–H groups in total. The molecule has 1 amide bonds. The number of pyridine rings is 1. The molecular weight excluding hydrogens is 284 g/mol. The molecule has 1 aromatic carbocycles. The number of amides is 1. The van der Waals surface area contributed by atoms with Crippen LogP contribution in [0.3, 0.4) is 0 Å². The number of ether oxygens (including phenoxy) is 1. The maximum absolute atomic E-state index is 12.8. The van der Waals surface area contributed by atoms with Crippen LogP contribution in [0.5, 0.6) is 0 Å². The van der Waals surface area contributed by atoms with Crippen molar-refractivity contribution >= 4 is 22.8 Å². The van der Waals surface area contributed by atoms with Gasteiger partial charge >= 0.3 is 5.97 Å². The second-order valence-corrected chi connectivity index (χ2v) is 5.26. The Morgan fingerprint density at radius 1 is 1.32 bits per heavy atom. The SMILES string of the molecule is Cc1ccc2cccc(C(=O)N3CCOCC3C(=O)O)c2n1. The van der Waals surface area contributed by atoms with Gasteiger partial charge in [0.15, 0.2) is 6.04 Å². The number of nitrogens with zero attached hydrogens (tertiary/aromatic N) is 2. The van der Waals surface area contributed by atoms with Crippen molar-refractivity contribution in [2.24, 2.45) is 0 Å². The predicted molar refractivity (Wildman–Crippen MR) is 79.8 cm³/mol. The Hall–Kier alpha value is -2.47. The summed E-state index contributed by atoms with van der Waals surface area (Å²) in [6.07, 6.45) is 0. The van der Waals surface area contributed by atoms with Crippen LogP contribution in [0, 0.1) is 6.92 Å². The number of carbonyl (C=O) groups is 2. The molecule has 0 radical (unpaired) electrons. The zero-order valence-electron chi connectivity index (χ0n) is 12.2. The molecule has 114 valence electrons. The first-order chi connectivity index (χ1) is 10.6. The molecule has 22 heavy (non-hydrogen) atoms. The first-order valence-corrected chi connectivity index (χ1v) is 7.06. The number of carboxylic acid groups (broad SMARTS) is 1. The first kappa shape index (κ1) is 14.5. The van der Waals surface area contributed by atoms with E-state index in [4.69, 9.17) is 4.74 Å². The zero-order chi connectivity index (χ0) is 15.7. The van der Waals surface area contributed by atoms with Gasteiger partial charge in [-0.3, -0.25) is 9.78 Å². The minimum atomic E-state index is -1.06. The number of carbonyl (C=O) groups excluding carboxylic acids is 1. The highest BCUT2D eigenvalue weighted by molar-refractivity contribution is 6.06. The summed E-state index contributed by atoms with van der Waals surface area (Å²) in [5, 5.41) is 10.1. The van der Waals surface area contributed by atoms with Gasteiger partial charge in [-0.05, 0) is 19.1 Å². The number of hydrogen-bond donors (Lipinski definition) is 1. The summed E-state index contributed by atoms with van der Waals surface area (Å²) in [4.78, 5) is 29.9. The molecule has 1 aliphatic rings. The van der Waals surface area contributed by atoms with Crippen LogP contribution in [0.2, 0.25) is 0 Å². The van der Waals surface area contributed by atoms with Crippen LogP contribution in [0.25, 0.3) is 10.9 Å². The first-order valence-electron chi connectivity index (χ1n) is 7.06. The number of carboxylic acids is 1. The lowest BCUT2D eigenvalue weighted by Crippen LogP contribution is -2.52. The van der Waals surface area contributed by atoms with E-state index in [0.29, 0.717) is 17.7 Å². The van der Waals surface area contributed by atoms with Crippen molar-refractivity contribution in [3.8, 4) is 0 Å². The molecule has 6 nitrogen and oxygen atoms in total. The van der Waals surface area contributed by atoms with E-state index in [-0.39, 0.29) is 19.1 Å². The fourth-order valence-electron chi connectivity index (χ4n) is 2.62. The van der Waals surface area contributed by atoms with Crippen molar-refractivity contribution in [2.75, 3.05) is 19.8 Å². The Kier molecular flexibility index (Phi) is 3.77. The molecule has 2 aromatic rings. The van der Waals surface area contributed by atoms with Gasteiger partial charge in [0.1, 0.15) is 0 Å². The highest BCUT2D eigenvalue weighted by Crippen LogP contribution is 2.21. The van der Waals surface area contributed by atoms with Crippen LogP contribution in [-0.2, 0) is 9.53 Å². The highest BCUT2D eigenvalue weighted by Gasteiger charge is 2.33. The van der Waals surface area contributed by atoms with E-state index in [1.54, 1.807) is 12.1 Å². The van der Waals surface area contributed by atoms with Crippen molar-refractivity contribution in [2.45, 2.75) is 13.0 Å². The van der Waals surface area contributed by atoms with Crippen molar-refractivity contribution in [1.29, 1.82) is 0 Å². The fraction of sp³-hybridized carbons (Fsp3) is 0.312. The lowest BCUT2D eigenvalue weighted by atomic mass is 10.1. The summed E-state index contributed by atoms with van der Waals surface area (Å²) in [6, 6.07) is 8.18. The van der Waals surface area contributed by atoms with Gasteiger partial charge in [0.05, 0.1) is 24.3 Å². The number of hydrogen-bond acceptors (Lipinski definition) is 4. The number of fused-ring (bicyclic) bond motifs is 1. The minimum absolute atomic E-state index is 0.0122. The number of aromatic nitrogens is 1. The molecule has 1 aromatic heterocycles. The van der Waals surface area contributed by atoms with Gasteiger partial charge in [0.25, 0.3) is 5.91 Å². The summed E-state index contributed by atoms with van der Waals surface area (Å²) in [6.45, 7) is 2.47. The van der Waals surface area contributed by atoms with Crippen molar-refractivity contribution in [1.82, 2.24) is 9.88 Å². The van der Waals surface area contributed by atoms with Gasteiger partial charge in [0, 0.05) is 17.6 Å². The van der Waals surface area contributed by atoms with E-state index in [0.717, 1.165) is 11.1 Å². The van der Waals surface area contributed by atoms with E-state index < -0.39 is 12.0 Å². The van der Waals surface area contributed by atoms with E-state index >= 15 is 0 Å². The Balaban J connectivity index is 2.04. The van der Waals surface area contributed by atoms with Gasteiger partial charge in [0.2, 0.25) is 0 Å². The lowest BCUT2D eigenvalue weighted by molar-refractivity contribution is -0.147. The van der Waals surface area contributed by atoms with Gasteiger partial charge in [-0.15, -0.1) is 0 Å². The van der Waals surface area contributed by atoms with Gasteiger partial charge in [-0.25, -0.2) is 4.79 Å². The van der Waals surface area contributed by atoms with Crippen LogP contribution in [0.4, 0.5) is 0 Å². The number of benzene rings is 1. The van der Waals surface area contributed by atoms with Crippen molar-refractivity contribution in [3.63, 3.8) is 0 Å². The zero-order valence-corrected chi connectivity index (χ0v) is 12.2. The Labute approximate surface area is 127 Å². The largest absolute Gasteiger partial charge is 0.480 e. The lowest BCUT2D eigenvalue weighted by Gasteiger charge is -2.33. The third kappa shape index (κ3) is 2.53. The van der Waals surface area contributed by atoms with Crippen LogP contribution in [-0.4, -0.2) is 52.7 Å². The van der Waals surface area contributed by atoms with E-state index in [2.05, 4.69) is 4.98 Å². The second-order valence-electron chi connectivity index (χ2n) is 5.26. The standard InChI is InChI=1S/C16H16N2O4/c1-10-5-6-11-3-2-4-12(14(11)17-10)15(19)18-7-8-22-9-13(18)16(20)21/h2-6,13H,7-9H2,1H3,(H,20,21). The summed E-state index contributed by atoms with van der Waals surface area (Å²) >= 11 is 0. The molecule has 0 spiro atoms. The number of rotatable bonds is 2. The Bertz CT molecular complexity index is 744. The number of para-hydroxylation sites is 1. The maximum Gasteiger partial charge on any atom is 0.328 e. The smallest absolute Gasteiger partial charge is 0.328 e. The van der Waals surface area contributed by atoms with Gasteiger partial charge < -0.3 is 14.7 Å². The van der Waals surface area contributed by atoms with Crippen molar-refractivity contribution in [3.05, 3.63) is 41.6 Å². The topological polar surface area (TPSA) is 79.7 Å². The molecule has 1 fully saturated rings. The molecule has 2 heterocycles. The summed E-state index contributed by atoms with van der Waals surface area (Å²) in [7, 11) is 0. The Morgan fingerprint density at radius 3 is 2.91 bits per heavy atom. The normalized spacial score (nSPS) is 18.4. The van der Waals surface area contributed by atoms with Crippen LogP contribution < -0.4 is 0 Å². The second kappa shape index (κ2) is 5.73. The van der Waals surface area contributed by atoms with Crippen LogP contribution in [0.1, 0.15) is 16.1 Å². The van der Waals surface area contributed by atoms with Crippen molar-refractivity contribution < 1.29 is 19.4 Å². The highest BCUT2D eigenvalue weighted by atomic mass is 16.5. The monoisotopic (exact) mass is 300 g/mol. The minimum Gasteiger partial charge on any atom is -0.480 e. The average molecular weight is 300 g/mol. The molecule has 0 bridgehead atoms. The van der Waals surface area contributed by atoms with E-state index in [9.17, 15) is 14.7 Å². The number of aryl methyl sites for hydroxylation is 1. The third-order valence-corrected chi connectivity index (χ3v) is 3.76. The molecule has 1 unspecified atom stereocenters. The molecule has 0 aliphatic carbocycles. The number of morpholine rings is 1. The average Bonchev–Trinajstić information content (AvgIpc) is 2.53. The molecule has 3 rings (SSSR count). The quantitative estimate of drug-likeness (QED) is 0.908. The summed E-state index contributed by atoms with van der Waals surface area (Å²) in [5.74, 6) is -1.38. The Morgan fingerprint density at radius 2 is 2.14 bits per heavy atom. The molecule has 1 atom stereocenters. The molecule has 0 saturated carbocycles. The summed E-state index contributed by atoms with van der Waals surface area (Å²) < 4.78 is 5.18. The molecule has 1 saturated heterocycles. The van der Waals surface area contributed by atoms with Crippen LogP contribution >= 0.6 is 0 Å². The molecular formula is C16H16N2O4. The van der Waals surface area contributed by atoms with Gasteiger partial charge in [-0.1, -0.05) is 18.2 Å². The molecule has 1 aliphatic heterocycles. The maximum atomic E-state index is 12.8. The van der Waals surface area contributed by atoms with Crippen LogP contribution in [0.15, 0.2) is 30.3 Å². The predicted octanol–water partition coefficient (Wildman–Crippen LogP) is 1.47.